The van der Waals surface area contributed by atoms with E-state index < -0.39 is 8.07 Å². The van der Waals surface area contributed by atoms with Crippen molar-refractivity contribution in [3.05, 3.63) is 12.7 Å². The average molecular weight is 309 g/mol. The Morgan fingerprint density at radius 2 is 1.90 bits per heavy atom. The van der Waals surface area contributed by atoms with Crippen LogP contribution in [0.1, 0.15) is 45.4 Å². The van der Waals surface area contributed by atoms with Crippen LogP contribution in [-0.2, 0) is 9.47 Å². The molecule has 0 bridgehead atoms. The summed E-state index contributed by atoms with van der Waals surface area (Å²) in [4.78, 5) is 0. The van der Waals surface area contributed by atoms with Crippen LogP contribution in [0.4, 0.5) is 0 Å². The zero-order valence-electron chi connectivity index (χ0n) is 14.3. The van der Waals surface area contributed by atoms with Gasteiger partial charge < -0.3 is 9.47 Å². The quantitative estimate of drug-likeness (QED) is 0.292. The molecule has 3 heteroatoms. The molecule has 0 saturated heterocycles. The molecule has 0 aromatic carbocycles. The summed E-state index contributed by atoms with van der Waals surface area (Å²) in [6, 6.07) is 0. The smallest absolute Gasteiger partial charge is 0.176 e. The zero-order chi connectivity index (χ0) is 15.7. The molecule has 0 radical (unpaired) electrons. The van der Waals surface area contributed by atoms with E-state index in [0.717, 1.165) is 13.0 Å². The third-order valence-electron chi connectivity index (χ3n) is 3.63. The van der Waals surface area contributed by atoms with Crippen molar-refractivity contribution in [1.82, 2.24) is 0 Å². The predicted octanol–water partition coefficient (Wildman–Crippen LogP) is 4.77. The van der Waals surface area contributed by atoms with E-state index in [-0.39, 0.29) is 12.4 Å². The van der Waals surface area contributed by atoms with Crippen molar-refractivity contribution in [3.63, 3.8) is 0 Å². The second-order valence-electron chi connectivity index (χ2n) is 7.14. The molecule has 2 atom stereocenters. The van der Waals surface area contributed by atoms with E-state index in [1.54, 1.807) is 6.08 Å². The lowest BCUT2D eigenvalue weighted by molar-refractivity contribution is -0.145. The molecule has 21 heavy (non-hydrogen) atoms. The second kappa shape index (κ2) is 9.45. The Morgan fingerprint density at radius 3 is 2.48 bits per heavy atom. The van der Waals surface area contributed by atoms with Crippen LogP contribution in [-0.4, -0.2) is 27.1 Å². The zero-order valence-corrected chi connectivity index (χ0v) is 15.3. The van der Waals surface area contributed by atoms with E-state index in [1.165, 1.54) is 32.1 Å². The molecule has 0 aromatic heterocycles. The van der Waals surface area contributed by atoms with Gasteiger partial charge in [0.2, 0.25) is 0 Å². The molecule has 0 spiro atoms. The molecule has 0 aliphatic heterocycles. The fourth-order valence-corrected chi connectivity index (χ4v) is 3.12. The number of ether oxygens (including phenoxy) is 2. The molecule has 1 fully saturated rings. The van der Waals surface area contributed by atoms with Crippen LogP contribution in [0.5, 0.6) is 0 Å². The van der Waals surface area contributed by atoms with Crippen LogP contribution < -0.4 is 0 Å². The molecule has 0 unspecified atom stereocenters. The van der Waals surface area contributed by atoms with Gasteiger partial charge in [-0.05, 0) is 31.8 Å². The highest BCUT2D eigenvalue weighted by atomic mass is 28.3. The van der Waals surface area contributed by atoms with E-state index in [1.807, 2.05) is 0 Å². The van der Waals surface area contributed by atoms with Gasteiger partial charge in [-0.1, -0.05) is 45.5 Å². The topological polar surface area (TPSA) is 18.5 Å². The van der Waals surface area contributed by atoms with E-state index >= 15 is 0 Å². The van der Waals surface area contributed by atoms with Crippen LogP contribution in [0.25, 0.3) is 0 Å². The molecule has 1 aliphatic rings. The van der Waals surface area contributed by atoms with E-state index in [4.69, 9.17) is 9.47 Å². The van der Waals surface area contributed by atoms with Crippen molar-refractivity contribution < 1.29 is 9.47 Å². The van der Waals surface area contributed by atoms with E-state index in [2.05, 4.69) is 44.6 Å². The molecule has 0 amide bonds. The second-order valence-corrected chi connectivity index (χ2v) is 11.9. The Hall–Kier alpha value is -0.563. The van der Waals surface area contributed by atoms with E-state index in [9.17, 15) is 0 Å². The minimum atomic E-state index is -1.28. The molecule has 1 rings (SSSR count). The van der Waals surface area contributed by atoms with Crippen LogP contribution in [0.3, 0.4) is 0 Å². The van der Waals surface area contributed by atoms with Crippen molar-refractivity contribution in [3.8, 4) is 11.5 Å². The highest BCUT2D eigenvalue weighted by Gasteiger charge is 2.16. The summed E-state index contributed by atoms with van der Waals surface area (Å²) in [5, 5.41) is 0. The highest BCUT2D eigenvalue weighted by Crippen LogP contribution is 2.24. The third-order valence-corrected chi connectivity index (χ3v) is 4.56. The minimum Gasteiger partial charge on any atom is -0.349 e. The van der Waals surface area contributed by atoms with Crippen molar-refractivity contribution in [1.29, 1.82) is 0 Å². The first-order valence-electron chi connectivity index (χ1n) is 8.30. The van der Waals surface area contributed by atoms with Crippen molar-refractivity contribution in [2.24, 2.45) is 5.92 Å². The summed E-state index contributed by atoms with van der Waals surface area (Å²) in [5.74, 6) is 3.96. The molecule has 1 saturated carbocycles. The van der Waals surface area contributed by atoms with Crippen molar-refractivity contribution in [2.75, 3.05) is 6.61 Å². The monoisotopic (exact) mass is 308 g/mol. The Labute approximate surface area is 132 Å². The first-order valence-corrected chi connectivity index (χ1v) is 11.8. The summed E-state index contributed by atoms with van der Waals surface area (Å²) in [6.45, 7) is 13.4. The normalized spacial score (nSPS) is 19.4. The Kier molecular flexibility index (Phi) is 8.32. The molecule has 120 valence electrons. The fourth-order valence-electron chi connectivity index (χ4n) is 2.48. The van der Waals surface area contributed by atoms with Gasteiger partial charge >= 0.3 is 0 Å². The van der Waals surface area contributed by atoms with Gasteiger partial charge in [-0.3, -0.25) is 0 Å². The Morgan fingerprint density at radius 1 is 1.24 bits per heavy atom. The Balaban J connectivity index is 2.28. The van der Waals surface area contributed by atoms with E-state index in [0.29, 0.717) is 5.92 Å². The summed E-state index contributed by atoms with van der Waals surface area (Å²) >= 11 is 0. The van der Waals surface area contributed by atoms with Crippen LogP contribution in [0.15, 0.2) is 12.7 Å². The SMILES string of the molecule is C=C[C@H](OCC1CCCCC1)O[C@H](C)CC#C[Si](C)(C)C. The first-order chi connectivity index (χ1) is 9.90. The van der Waals surface area contributed by atoms with Crippen molar-refractivity contribution in [2.45, 2.75) is 77.5 Å². The van der Waals surface area contributed by atoms with Gasteiger partial charge in [0.1, 0.15) is 8.07 Å². The molecule has 1 aliphatic carbocycles. The van der Waals surface area contributed by atoms with Crippen LogP contribution >= 0.6 is 0 Å². The summed E-state index contributed by atoms with van der Waals surface area (Å²) in [6.07, 6.45) is 8.96. The van der Waals surface area contributed by atoms with Crippen molar-refractivity contribution >= 4 is 8.07 Å². The van der Waals surface area contributed by atoms with Gasteiger partial charge in [0.15, 0.2) is 6.29 Å². The third kappa shape index (κ3) is 9.13. The standard InChI is InChI=1S/C18H32O2Si/c1-6-18(19-15-17-12-8-7-9-13-17)20-16(2)11-10-14-21(3,4)5/h6,16-18H,1,7-9,11-13,15H2,2-5H3/t16-,18-/m1/s1. The maximum Gasteiger partial charge on any atom is 0.176 e. The maximum atomic E-state index is 5.88. The molecular weight excluding hydrogens is 276 g/mol. The predicted molar refractivity (Wildman–Crippen MR) is 92.8 cm³/mol. The molecular formula is C18H32O2Si. The van der Waals surface area contributed by atoms with Gasteiger partial charge in [0.05, 0.1) is 12.7 Å². The van der Waals surface area contributed by atoms with Crippen LogP contribution in [0, 0.1) is 17.4 Å². The summed E-state index contributed by atoms with van der Waals surface area (Å²) < 4.78 is 11.7. The molecule has 0 N–H and O–H groups in total. The van der Waals surface area contributed by atoms with Crippen LogP contribution in [0.2, 0.25) is 19.6 Å². The highest BCUT2D eigenvalue weighted by molar-refractivity contribution is 6.83. The van der Waals surface area contributed by atoms with Gasteiger partial charge in [-0.2, -0.15) is 0 Å². The lowest BCUT2D eigenvalue weighted by Gasteiger charge is -2.25. The average Bonchev–Trinajstić information content (AvgIpc) is 2.43. The van der Waals surface area contributed by atoms with Gasteiger partial charge in [-0.15, -0.1) is 11.5 Å². The minimum absolute atomic E-state index is 0.0863. The summed E-state index contributed by atoms with van der Waals surface area (Å²) in [7, 11) is -1.28. The Bertz CT molecular complexity index is 356. The number of hydrogen-bond acceptors (Lipinski definition) is 2. The van der Waals surface area contributed by atoms with Gasteiger partial charge in [0, 0.05) is 6.42 Å². The lowest BCUT2D eigenvalue weighted by atomic mass is 9.90. The summed E-state index contributed by atoms with van der Waals surface area (Å²) in [5.41, 5.74) is 3.37. The molecule has 2 nitrogen and oxygen atoms in total. The van der Waals surface area contributed by atoms with Gasteiger partial charge in [-0.25, -0.2) is 0 Å². The largest absolute Gasteiger partial charge is 0.349 e. The molecule has 0 heterocycles. The molecule has 0 aromatic rings. The number of hydrogen-bond donors (Lipinski definition) is 0. The fraction of sp³-hybridized carbons (Fsp3) is 0.778. The first kappa shape index (κ1) is 18.5. The lowest BCUT2D eigenvalue weighted by Crippen LogP contribution is -2.24. The van der Waals surface area contributed by atoms with Gasteiger partial charge in [0.25, 0.3) is 0 Å². The number of rotatable bonds is 7. The maximum absolute atomic E-state index is 5.88.